The predicted octanol–water partition coefficient (Wildman–Crippen LogP) is 10.3. The largest absolute Gasteiger partial charge is 0.488 e. The normalized spacial score (nSPS) is 10.6. The molecular weight excluding hydrogens is 676 g/mol. The second-order valence-electron chi connectivity index (χ2n) is 11.5. The molecule has 270 valence electrons. The van der Waals surface area contributed by atoms with Crippen LogP contribution in [0.25, 0.3) is 22.3 Å². The lowest BCUT2D eigenvalue weighted by atomic mass is 9.89. The number of pyridine rings is 1. The standard InChI is InChI=1S/C41H39ClN2O6.C2H6/c1-5-46-41(47-6-2)26-48-34-15-13-31(14-16-34)35-10-8-12-37(28(35)4)36-11-7-9-32(27(36)3)25-50-40-19-39(33(23-45)18-38(40)42)49-24-30-17-29(20-43)21-44-22-30;1-2/h7-19,21-23,41H,5-6,24-26H2,1-4H3;1-2H3. The Hall–Kier alpha value is -5.20. The first-order valence-corrected chi connectivity index (χ1v) is 17.8. The zero-order valence-corrected chi connectivity index (χ0v) is 31.3. The summed E-state index contributed by atoms with van der Waals surface area (Å²) in [5.41, 5.74) is 9.06. The molecule has 0 radical (unpaired) electrons. The fraction of sp³-hybridized carbons (Fsp3) is 0.279. The summed E-state index contributed by atoms with van der Waals surface area (Å²) in [6, 6.07) is 27.4. The molecule has 5 aromatic rings. The Morgan fingerprint density at radius 1 is 0.788 bits per heavy atom. The number of hydrogen-bond acceptors (Lipinski definition) is 8. The number of aldehydes is 1. The van der Waals surface area contributed by atoms with Crippen LogP contribution in [0.4, 0.5) is 0 Å². The van der Waals surface area contributed by atoms with Gasteiger partial charge in [0.05, 0.1) is 16.1 Å². The lowest BCUT2D eigenvalue weighted by Crippen LogP contribution is -2.25. The van der Waals surface area contributed by atoms with Crippen LogP contribution in [0.1, 0.15) is 65.9 Å². The third kappa shape index (κ3) is 10.2. The van der Waals surface area contributed by atoms with Crippen LogP contribution in [0.15, 0.2) is 91.3 Å². The van der Waals surface area contributed by atoms with Crippen molar-refractivity contribution in [3.05, 3.63) is 130 Å². The lowest BCUT2D eigenvalue weighted by molar-refractivity contribution is -0.152. The zero-order chi connectivity index (χ0) is 37.5. The van der Waals surface area contributed by atoms with Gasteiger partial charge in [-0.05, 0) is 90.9 Å². The van der Waals surface area contributed by atoms with Crippen molar-refractivity contribution in [3.63, 3.8) is 0 Å². The summed E-state index contributed by atoms with van der Waals surface area (Å²) in [6.45, 7) is 13.9. The molecule has 0 N–H and O–H groups in total. The van der Waals surface area contributed by atoms with Gasteiger partial charge in [-0.15, -0.1) is 0 Å². The molecule has 5 rings (SSSR count). The predicted molar refractivity (Wildman–Crippen MR) is 205 cm³/mol. The topological polar surface area (TPSA) is 99.9 Å². The van der Waals surface area contributed by atoms with Gasteiger partial charge in [0.1, 0.15) is 43.1 Å². The highest BCUT2D eigenvalue weighted by Gasteiger charge is 2.16. The number of hydrogen-bond donors (Lipinski definition) is 0. The molecule has 0 amide bonds. The minimum Gasteiger partial charge on any atom is -0.488 e. The highest BCUT2D eigenvalue weighted by Crippen LogP contribution is 2.37. The number of carbonyl (C=O) groups is 1. The van der Waals surface area contributed by atoms with Gasteiger partial charge in [-0.1, -0.05) is 74.0 Å². The summed E-state index contributed by atoms with van der Waals surface area (Å²) in [5.74, 6) is 1.45. The molecule has 9 heteroatoms. The van der Waals surface area contributed by atoms with E-state index >= 15 is 0 Å². The van der Waals surface area contributed by atoms with Gasteiger partial charge in [0.2, 0.25) is 0 Å². The van der Waals surface area contributed by atoms with Crippen molar-refractivity contribution in [1.82, 2.24) is 4.98 Å². The van der Waals surface area contributed by atoms with Gasteiger partial charge in [0.15, 0.2) is 12.6 Å². The van der Waals surface area contributed by atoms with E-state index < -0.39 is 6.29 Å². The third-order valence-electron chi connectivity index (χ3n) is 8.22. The Morgan fingerprint density at radius 3 is 2.12 bits per heavy atom. The summed E-state index contributed by atoms with van der Waals surface area (Å²) < 4.78 is 29.2. The Kier molecular flexibility index (Phi) is 15.2. The number of carbonyl (C=O) groups excluding carboxylic acids is 1. The number of nitrogens with zero attached hydrogens (tertiary/aromatic N) is 2. The molecule has 0 unspecified atom stereocenters. The monoisotopic (exact) mass is 720 g/mol. The molecule has 0 aliphatic heterocycles. The van der Waals surface area contributed by atoms with Crippen molar-refractivity contribution in [1.29, 1.82) is 5.26 Å². The van der Waals surface area contributed by atoms with E-state index in [2.05, 4.69) is 61.3 Å². The molecule has 0 atom stereocenters. The van der Waals surface area contributed by atoms with Gasteiger partial charge in [0, 0.05) is 37.2 Å². The fourth-order valence-electron chi connectivity index (χ4n) is 5.60. The van der Waals surface area contributed by atoms with E-state index in [4.69, 9.17) is 40.5 Å². The number of rotatable bonds is 16. The van der Waals surface area contributed by atoms with Gasteiger partial charge in [0.25, 0.3) is 0 Å². The Morgan fingerprint density at radius 2 is 1.44 bits per heavy atom. The van der Waals surface area contributed by atoms with Crippen LogP contribution >= 0.6 is 11.6 Å². The summed E-state index contributed by atoms with van der Waals surface area (Å²) in [5, 5.41) is 9.46. The Bertz CT molecular complexity index is 1970. The number of nitriles is 1. The van der Waals surface area contributed by atoms with Gasteiger partial charge < -0.3 is 23.7 Å². The first kappa shape index (κ1) is 39.6. The van der Waals surface area contributed by atoms with Gasteiger partial charge in [-0.25, -0.2) is 0 Å². The van der Waals surface area contributed by atoms with E-state index in [0.717, 1.165) is 44.7 Å². The van der Waals surface area contributed by atoms with Crippen LogP contribution in [0.2, 0.25) is 5.02 Å². The number of aromatic nitrogens is 1. The summed E-state index contributed by atoms with van der Waals surface area (Å²) >= 11 is 6.53. The molecule has 0 aliphatic carbocycles. The molecule has 52 heavy (non-hydrogen) atoms. The van der Waals surface area contributed by atoms with Crippen LogP contribution in [0.3, 0.4) is 0 Å². The molecule has 0 saturated carbocycles. The third-order valence-corrected chi connectivity index (χ3v) is 8.51. The van der Waals surface area contributed by atoms with Crippen LogP contribution in [0, 0.1) is 25.2 Å². The Balaban J connectivity index is 0.00000297. The van der Waals surface area contributed by atoms with Gasteiger partial charge in [-0.2, -0.15) is 5.26 Å². The zero-order valence-electron chi connectivity index (χ0n) is 30.6. The minimum absolute atomic E-state index is 0.116. The molecule has 1 heterocycles. The fourth-order valence-corrected chi connectivity index (χ4v) is 5.83. The van der Waals surface area contributed by atoms with Crippen molar-refractivity contribution in [2.75, 3.05) is 19.8 Å². The van der Waals surface area contributed by atoms with Crippen molar-refractivity contribution in [2.45, 2.75) is 61.0 Å². The highest BCUT2D eigenvalue weighted by molar-refractivity contribution is 6.32. The molecule has 0 spiro atoms. The second kappa shape index (κ2) is 20.0. The Labute approximate surface area is 311 Å². The second-order valence-corrected chi connectivity index (χ2v) is 11.9. The van der Waals surface area contributed by atoms with Crippen molar-refractivity contribution < 1.29 is 28.5 Å². The van der Waals surface area contributed by atoms with Gasteiger partial charge in [-0.3, -0.25) is 9.78 Å². The van der Waals surface area contributed by atoms with Crippen LogP contribution in [-0.2, 0) is 22.7 Å². The van der Waals surface area contributed by atoms with E-state index in [1.165, 1.54) is 12.3 Å². The van der Waals surface area contributed by atoms with E-state index in [-0.39, 0.29) is 13.2 Å². The number of ether oxygens (including phenoxy) is 5. The highest BCUT2D eigenvalue weighted by atomic mass is 35.5. The summed E-state index contributed by atoms with van der Waals surface area (Å²) in [4.78, 5) is 15.9. The molecule has 8 nitrogen and oxygen atoms in total. The average Bonchev–Trinajstić information content (AvgIpc) is 3.18. The SMILES string of the molecule is CC.CCOC(COc1ccc(-c2cccc(-c3cccc(COc4cc(OCc5cncc(C#N)c5)c(C=O)cc4Cl)c3C)c2C)cc1)OCC. The maximum Gasteiger partial charge on any atom is 0.191 e. The van der Waals surface area contributed by atoms with Crippen LogP contribution < -0.4 is 14.2 Å². The van der Waals surface area contributed by atoms with E-state index in [1.807, 2.05) is 52.0 Å². The van der Waals surface area contributed by atoms with E-state index in [0.29, 0.717) is 59.3 Å². The maximum atomic E-state index is 11.8. The van der Waals surface area contributed by atoms with Crippen molar-refractivity contribution >= 4 is 17.9 Å². The molecular formula is C43H45ClN2O6. The molecule has 1 aromatic heterocycles. The van der Waals surface area contributed by atoms with Crippen molar-refractivity contribution in [2.24, 2.45) is 0 Å². The molecule has 0 fully saturated rings. The lowest BCUT2D eigenvalue weighted by Gasteiger charge is -2.18. The van der Waals surface area contributed by atoms with Crippen molar-refractivity contribution in [3.8, 4) is 45.6 Å². The summed E-state index contributed by atoms with van der Waals surface area (Å²) in [7, 11) is 0. The molecule has 0 bridgehead atoms. The van der Waals surface area contributed by atoms with Crippen LogP contribution in [0.5, 0.6) is 17.2 Å². The smallest absolute Gasteiger partial charge is 0.191 e. The van der Waals surface area contributed by atoms with E-state index in [1.54, 1.807) is 18.3 Å². The first-order chi connectivity index (χ1) is 25.3. The molecule has 4 aromatic carbocycles. The molecule has 0 aliphatic rings. The van der Waals surface area contributed by atoms with Gasteiger partial charge >= 0.3 is 0 Å². The number of benzene rings is 4. The van der Waals surface area contributed by atoms with E-state index in [9.17, 15) is 4.79 Å². The quantitative estimate of drug-likeness (QED) is 0.0733. The summed E-state index contributed by atoms with van der Waals surface area (Å²) in [6.07, 6.45) is 3.37. The number of halogens is 1. The first-order valence-electron chi connectivity index (χ1n) is 17.4. The average molecular weight is 721 g/mol. The maximum absolute atomic E-state index is 11.8. The minimum atomic E-state index is -0.400. The molecule has 0 saturated heterocycles. The van der Waals surface area contributed by atoms with Crippen LogP contribution in [-0.4, -0.2) is 37.4 Å².